The van der Waals surface area contributed by atoms with Crippen molar-refractivity contribution in [2.45, 2.75) is 96.3 Å². The summed E-state index contributed by atoms with van der Waals surface area (Å²) < 4.78 is 0. The average molecular weight is 415 g/mol. The van der Waals surface area contributed by atoms with Crippen LogP contribution in [0.5, 0.6) is 0 Å². The van der Waals surface area contributed by atoms with Gasteiger partial charge in [-0.3, -0.25) is 0 Å². The Balaban J connectivity index is 1.36. The first-order chi connectivity index (χ1) is 14.8. The van der Waals surface area contributed by atoms with Crippen molar-refractivity contribution in [1.29, 1.82) is 0 Å². The van der Waals surface area contributed by atoms with Gasteiger partial charge in [0.1, 0.15) is 0 Å². The van der Waals surface area contributed by atoms with Crippen molar-refractivity contribution in [2.24, 2.45) is 17.8 Å². The number of anilines is 3. The minimum atomic E-state index is 0.730. The summed E-state index contributed by atoms with van der Waals surface area (Å²) in [6.07, 6.45) is 20.4. The summed E-state index contributed by atoms with van der Waals surface area (Å²) in [5.41, 5.74) is 0. The standard InChI is InChI=1S/C24H42N6/c1-4-10-19(11-5-1)16-25-22-28-23(26-17-20-12-6-2-7-13-20)30-24(29-22)27-18-21-14-8-3-9-15-21/h19-21H,1-18H2,(H3,25,26,27,28,29,30). The van der Waals surface area contributed by atoms with Crippen LogP contribution in [0.25, 0.3) is 0 Å². The number of hydrogen-bond donors (Lipinski definition) is 3. The van der Waals surface area contributed by atoms with E-state index in [1.165, 1.54) is 96.3 Å². The van der Waals surface area contributed by atoms with E-state index < -0.39 is 0 Å². The van der Waals surface area contributed by atoms with Gasteiger partial charge in [-0.1, -0.05) is 57.8 Å². The molecule has 0 aliphatic heterocycles. The van der Waals surface area contributed by atoms with Gasteiger partial charge in [-0.2, -0.15) is 15.0 Å². The van der Waals surface area contributed by atoms with Crippen LogP contribution in [0.3, 0.4) is 0 Å². The molecule has 4 rings (SSSR count). The fourth-order valence-corrected chi connectivity index (χ4v) is 5.49. The van der Waals surface area contributed by atoms with Crippen LogP contribution in [0, 0.1) is 17.8 Å². The molecule has 0 bridgehead atoms. The molecule has 1 aromatic heterocycles. The molecular weight excluding hydrogens is 372 g/mol. The second-order valence-corrected chi connectivity index (χ2v) is 9.96. The summed E-state index contributed by atoms with van der Waals surface area (Å²) in [4.78, 5) is 14.1. The highest BCUT2D eigenvalue weighted by molar-refractivity contribution is 5.42. The molecule has 3 aliphatic carbocycles. The van der Waals surface area contributed by atoms with Crippen LogP contribution in [0.4, 0.5) is 17.8 Å². The molecule has 0 saturated heterocycles. The molecule has 0 spiro atoms. The Bertz CT molecular complexity index is 520. The SMILES string of the molecule is C1CCC(CNc2nc(NCC3CCCCC3)nc(NCC3CCCCC3)n2)CC1. The van der Waals surface area contributed by atoms with Crippen molar-refractivity contribution in [3.63, 3.8) is 0 Å². The van der Waals surface area contributed by atoms with E-state index in [1.807, 2.05) is 0 Å². The molecule has 6 nitrogen and oxygen atoms in total. The van der Waals surface area contributed by atoms with E-state index in [9.17, 15) is 0 Å². The van der Waals surface area contributed by atoms with E-state index in [-0.39, 0.29) is 0 Å². The molecule has 0 aromatic carbocycles. The Morgan fingerprint density at radius 2 is 0.700 bits per heavy atom. The Kier molecular flexibility index (Phi) is 8.44. The molecule has 0 atom stereocenters. The lowest BCUT2D eigenvalue weighted by atomic mass is 9.89. The highest BCUT2D eigenvalue weighted by Gasteiger charge is 2.17. The van der Waals surface area contributed by atoms with Crippen LogP contribution in [0.2, 0.25) is 0 Å². The first-order valence-electron chi connectivity index (χ1n) is 12.8. The average Bonchev–Trinajstić information content (AvgIpc) is 2.82. The zero-order chi connectivity index (χ0) is 20.4. The van der Waals surface area contributed by atoms with Gasteiger partial charge in [-0.15, -0.1) is 0 Å². The topological polar surface area (TPSA) is 74.8 Å². The zero-order valence-corrected chi connectivity index (χ0v) is 18.8. The summed E-state index contributed by atoms with van der Waals surface area (Å²) in [5.74, 6) is 4.46. The van der Waals surface area contributed by atoms with Crippen LogP contribution >= 0.6 is 0 Å². The lowest BCUT2D eigenvalue weighted by molar-refractivity contribution is 0.371. The fraction of sp³-hybridized carbons (Fsp3) is 0.875. The van der Waals surface area contributed by atoms with E-state index >= 15 is 0 Å². The summed E-state index contributed by atoms with van der Waals surface area (Å²) in [6.45, 7) is 2.94. The highest BCUT2D eigenvalue weighted by Crippen LogP contribution is 2.26. The number of rotatable bonds is 9. The molecular formula is C24H42N6. The molecule has 0 amide bonds. The first-order valence-corrected chi connectivity index (χ1v) is 12.8. The van der Waals surface area contributed by atoms with E-state index in [1.54, 1.807) is 0 Å². The van der Waals surface area contributed by atoms with E-state index in [0.29, 0.717) is 0 Å². The van der Waals surface area contributed by atoms with Gasteiger partial charge in [0.05, 0.1) is 0 Å². The molecule has 1 heterocycles. The second-order valence-electron chi connectivity index (χ2n) is 9.96. The van der Waals surface area contributed by atoms with Crippen LogP contribution in [0.1, 0.15) is 96.3 Å². The fourth-order valence-electron chi connectivity index (χ4n) is 5.49. The van der Waals surface area contributed by atoms with E-state index in [4.69, 9.17) is 15.0 Å². The van der Waals surface area contributed by atoms with Gasteiger partial charge in [0.2, 0.25) is 17.8 Å². The predicted octanol–water partition coefficient (Wildman–Crippen LogP) is 5.85. The third kappa shape index (κ3) is 6.98. The minimum Gasteiger partial charge on any atom is -0.354 e. The monoisotopic (exact) mass is 414 g/mol. The van der Waals surface area contributed by atoms with Gasteiger partial charge >= 0.3 is 0 Å². The Morgan fingerprint density at radius 1 is 0.433 bits per heavy atom. The number of hydrogen-bond acceptors (Lipinski definition) is 6. The lowest BCUT2D eigenvalue weighted by Crippen LogP contribution is -2.22. The molecule has 0 radical (unpaired) electrons. The quantitative estimate of drug-likeness (QED) is 0.471. The maximum Gasteiger partial charge on any atom is 0.229 e. The second kappa shape index (κ2) is 11.7. The normalized spacial score (nSPS) is 22.0. The number of nitrogens with one attached hydrogen (secondary N) is 3. The van der Waals surface area contributed by atoms with E-state index in [0.717, 1.165) is 55.2 Å². The molecule has 3 saturated carbocycles. The summed E-state index contributed by atoms with van der Waals surface area (Å²) in [6, 6.07) is 0. The zero-order valence-electron chi connectivity index (χ0n) is 18.8. The highest BCUT2D eigenvalue weighted by atomic mass is 15.3. The van der Waals surface area contributed by atoms with Crippen LogP contribution < -0.4 is 16.0 Å². The maximum absolute atomic E-state index is 4.71. The van der Waals surface area contributed by atoms with E-state index in [2.05, 4.69) is 16.0 Å². The van der Waals surface area contributed by atoms with Crippen molar-refractivity contribution in [3.8, 4) is 0 Å². The first kappa shape index (κ1) is 21.6. The Labute approximate surface area is 182 Å². The van der Waals surface area contributed by atoms with Crippen molar-refractivity contribution in [2.75, 3.05) is 35.6 Å². The molecule has 168 valence electrons. The van der Waals surface area contributed by atoms with Crippen molar-refractivity contribution in [3.05, 3.63) is 0 Å². The van der Waals surface area contributed by atoms with Gasteiger partial charge in [0.15, 0.2) is 0 Å². The summed E-state index contributed by atoms with van der Waals surface area (Å²) in [7, 11) is 0. The van der Waals surface area contributed by atoms with Gasteiger partial charge in [0.25, 0.3) is 0 Å². The Hall–Kier alpha value is -1.59. The third-order valence-electron chi connectivity index (χ3n) is 7.46. The van der Waals surface area contributed by atoms with Crippen LogP contribution in [0.15, 0.2) is 0 Å². The Morgan fingerprint density at radius 3 is 0.967 bits per heavy atom. The minimum absolute atomic E-state index is 0.730. The van der Waals surface area contributed by atoms with Gasteiger partial charge < -0.3 is 16.0 Å². The molecule has 1 aromatic rings. The van der Waals surface area contributed by atoms with Crippen LogP contribution in [-0.4, -0.2) is 34.6 Å². The smallest absolute Gasteiger partial charge is 0.229 e. The lowest BCUT2D eigenvalue weighted by Gasteiger charge is -2.23. The molecule has 0 unspecified atom stereocenters. The molecule has 3 fully saturated rings. The maximum atomic E-state index is 4.71. The van der Waals surface area contributed by atoms with Crippen molar-refractivity contribution in [1.82, 2.24) is 15.0 Å². The number of aromatic nitrogens is 3. The van der Waals surface area contributed by atoms with Crippen molar-refractivity contribution < 1.29 is 0 Å². The predicted molar refractivity (Wildman–Crippen MR) is 125 cm³/mol. The summed E-state index contributed by atoms with van der Waals surface area (Å²) in [5, 5.41) is 10.6. The third-order valence-corrected chi connectivity index (χ3v) is 7.46. The van der Waals surface area contributed by atoms with Crippen LogP contribution in [-0.2, 0) is 0 Å². The number of nitrogens with zero attached hydrogens (tertiary/aromatic N) is 3. The molecule has 3 N–H and O–H groups in total. The van der Waals surface area contributed by atoms with Gasteiger partial charge in [-0.25, -0.2) is 0 Å². The molecule has 6 heteroatoms. The van der Waals surface area contributed by atoms with Gasteiger partial charge in [-0.05, 0) is 56.3 Å². The molecule has 3 aliphatic rings. The largest absolute Gasteiger partial charge is 0.354 e. The molecule has 30 heavy (non-hydrogen) atoms. The summed E-state index contributed by atoms with van der Waals surface area (Å²) >= 11 is 0. The van der Waals surface area contributed by atoms with Gasteiger partial charge in [0, 0.05) is 19.6 Å². The van der Waals surface area contributed by atoms with Crippen molar-refractivity contribution >= 4 is 17.8 Å².